The van der Waals surface area contributed by atoms with Crippen LogP contribution >= 0.6 is 0 Å². The molecular weight excluding hydrogens is 226 g/mol. The average Bonchev–Trinajstić information content (AvgIpc) is 2.12. The van der Waals surface area contributed by atoms with Gasteiger partial charge in [0.1, 0.15) is 6.04 Å². The molecule has 1 atom stereocenters. The molecule has 0 aliphatic carbocycles. The Morgan fingerprint density at radius 2 is 1.82 bits per heavy atom. The van der Waals surface area contributed by atoms with E-state index < -0.39 is 23.6 Å². The van der Waals surface area contributed by atoms with Gasteiger partial charge in [-0.1, -0.05) is 0 Å². The molecule has 7 nitrogen and oxygen atoms in total. The third-order valence-corrected chi connectivity index (χ3v) is 2.03. The molecule has 7 heteroatoms. The van der Waals surface area contributed by atoms with E-state index in [2.05, 4.69) is 16.0 Å². The molecule has 0 aromatic carbocycles. The number of nitrogens with one attached hydrogen (secondary N) is 3. The van der Waals surface area contributed by atoms with Gasteiger partial charge in [-0.25, -0.2) is 4.79 Å². The molecular formula is C10H19N3O4. The number of carboxylic acids is 1. The van der Waals surface area contributed by atoms with Crippen LogP contribution in [0.15, 0.2) is 0 Å². The van der Waals surface area contributed by atoms with Crippen LogP contribution in [0.4, 0.5) is 4.79 Å². The van der Waals surface area contributed by atoms with Gasteiger partial charge >= 0.3 is 12.0 Å². The van der Waals surface area contributed by atoms with Gasteiger partial charge in [-0.2, -0.15) is 0 Å². The van der Waals surface area contributed by atoms with Gasteiger partial charge in [-0.15, -0.1) is 0 Å². The zero-order valence-corrected chi connectivity index (χ0v) is 10.5. The predicted octanol–water partition coefficient (Wildman–Crippen LogP) is -0.327. The maximum absolute atomic E-state index is 11.5. The molecule has 3 amide bonds. The van der Waals surface area contributed by atoms with Gasteiger partial charge in [0, 0.05) is 12.6 Å². The Balaban J connectivity index is 4.26. The first-order valence-electron chi connectivity index (χ1n) is 5.20. The van der Waals surface area contributed by atoms with Gasteiger partial charge in [0.25, 0.3) is 0 Å². The van der Waals surface area contributed by atoms with Crippen LogP contribution in [0.5, 0.6) is 0 Å². The summed E-state index contributed by atoms with van der Waals surface area (Å²) in [5.41, 5.74) is -0.877. The molecule has 0 radical (unpaired) electrons. The van der Waals surface area contributed by atoms with E-state index in [1.165, 1.54) is 14.0 Å². The molecule has 0 aromatic heterocycles. The smallest absolute Gasteiger partial charge is 0.315 e. The summed E-state index contributed by atoms with van der Waals surface area (Å²) in [6.07, 6.45) is -0.200. The minimum absolute atomic E-state index is 0.200. The van der Waals surface area contributed by atoms with E-state index in [9.17, 15) is 14.4 Å². The number of carbonyl (C=O) groups excluding carboxylic acids is 2. The first-order chi connectivity index (χ1) is 7.68. The van der Waals surface area contributed by atoms with Gasteiger partial charge in [0.05, 0.1) is 6.42 Å². The number of hydrogen-bond acceptors (Lipinski definition) is 3. The van der Waals surface area contributed by atoms with Crippen LogP contribution in [-0.4, -0.2) is 41.6 Å². The zero-order chi connectivity index (χ0) is 13.6. The Morgan fingerprint density at radius 3 is 2.24 bits per heavy atom. The van der Waals surface area contributed by atoms with Crippen molar-refractivity contribution in [2.75, 3.05) is 7.05 Å². The van der Waals surface area contributed by atoms with E-state index in [0.717, 1.165) is 0 Å². The van der Waals surface area contributed by atoms with Crippen LogP contribution < -0.4 is 16.0 Å². The highest BCUT2D eigenvalue weighted by molar-refractivity contribution is 5.86. The molecule has 0 saturated heterocycles. The van der Waals surface area contributed by atoms with E-state index in [1.807, 2.05) is 0 Å². The van der Waals surface area contributed by atoms with Crippen LogP contribution in [0.2, 0.25) is 0 Å². The molecule has 1 unspecified atom stereocenters. The molecule has 0 saturated carbocycles. The maximum Gasteiger partial charge on any atom is 0.315 e. The SMILES string of the molecule is CNC(=O)C(C)NC(=O)NC(C)(C)CC(=O)O. The predicted molar refractivity (Wildman–Crippen MR) is 61.5 cm³/mol. The fourth-order valence-electron chi connectivity index (χ4n) is 1.24. The molecule has 0 heterocycles. The first-order valence-corrected chi connectivity index (χ1v) is 5.20. The van der Waals surface area contributed by atoms with E-state index in [-0.39, 0.29) is 12.3 Å². The second-order valence-corrected chi connectivity index (χ2v) is 4.39. The third kappa shape index (κ3) is 6.39. The lowest BCUT2D eigenvalue weighted by Crippen LogP contribution is -2.53. The number of carbonyl (C=O) groups is 3. The van der Waals surface area contributed by atoms with Gasteiger partial charge in [0.2, 0.25) is 5.91 Å². The number of aliphatic carboxylic acids is 1. The van der Waals surface area contributed by atoms with Crippen molar-refractivity contribution in [3.05, 3.63) is 0 Å². The van der Waals surface area contributed by atoms with E-state index in [4.69, 9.17) is 5.11 Å². The normalized spacial score (nSPS) is 12.5. The molecule has 0 fully saturated rings. The summed E-state index contributed by atoms with van der Waals surface area (Å²) < 4.78 is 0. The van der Waals surface area contributed by atoms with Crippen molar-refractivity contribution < 1.29 is 19.5 Å². The van der Waals surface area contributed by atoms with Crippen LogP contribution in [0.25, 0.3) is 0 Å². The maximum atomic E-state index is 11.5. The number of carboxylic acid groups (broad SMARTS) is 1. The second-order valence-electron chi connectivity index (χ2n) is 4.39. The molecule has 4 N–H and O–H groups in total. The van der Waals surface area contributed by atoms with E-state index >= 15 is 0 Å². The van der Waals surface area contributed by atoms with Gasteiger partial charge in [-0.3, -0.25) is 9.59 Å². The van der Waals surface area contributed by atoms with Crippen molar-refractivity contribution >= 4 is 17.9 Å². The minimum Gasteiger partial charge on any atom is -0.481 e. The lowest BCUT2D eigenvalue weighted by atomic mass is 10.0. The molecule has 0 rings (SSSR count). The largest absolute Gasteiger partial charge is 0.481 e. The quantitative estimate of drug-likeness (QED) is 0.532. The molecule has 98 valence electrons. The summed E-state index contributed by atoms with van der Waals surface area (Å²) in [5, 5.41) is 15.9. The highest BCUT2D eigenvalue weighted by Crippen LogP contribution is 2.07. The number of hydrogen-bond donors (Lipinski definition) is 4. The monoisotopic (exact) mass is 245 g/mol. The van der Waals surface area contributed by atoms with Crippen molar-refractivity contribution in [2.45, 2.75) is 38.8 Å². The Hall–Kier alpha value is -1.79. The molecule has 17 heavy (non-hydrogen) atoms. The van der Waals surface area contributed by atoms with Gasteiger partial charge in [-0.05, 0) is 20.8 Å². The molecule has 0 aliphatic rings. The van der Waals surface area contributed by atoms with Crippen LogP contribution in [0.1, 0.15) is 27.2 Å². The fourth-order valence-corrected chi connectivity index (χ4v) is 1.24. The Labute approximate surface area is 100.0 Å². The number of amides is 3. The number of likely N-dealkylation sites (N-methyl/N-ethyl adjacent to an activating group) is 1. The minimum atomic E-state index is -1.00. The van der Waals surface area contributed by atoms with Gasteiger partial charge in [0.15, 0.2) is 0 Å². The summed E-state index contributed by atoms with van der Waals surface area (Å²) in [6, 6.07) is -1.26. The summed E-state index contributed by atoms with van der Waals surface area (Å²) >= 11 is 0. The number of rotatable bonds is 5. The highest BCUT2D eigenvalue weighted by Gasteiger charge is 2.25. The topological polar surface area (TPSA) is 108 Å². The lowest BCUT2D eigenvalue weighted by Gasteiger charge is -2.25. The van der Waals surface area contributed by atoms with Crippen molar-refractivity contribution in [1.82, 2.24) is 16.0 Å². The molecule has 0 bridgehead atoms. The standard InChI is InChI=1S/C10H19N3O4/c1-6(8(16)11-4)12-9(17)13-10(2,3)5-7(14)15/h6H,5H2,1-4H3,(H,11,16)(H,14,15)(H2,12,13,17). The van der Waals surface area contributed by atoms with Crippen LogP contribution in [0, 0.1) is 0 Å². The fraction of sp³-hybridized carbons (Fsp3) is 0.700. The molecule has 0 aliphatic heterocycles. The Bertz CT molecular complexity index is 315. The Kier molecular flexibility index (Phi) is 5.43. The second kappa shape index (κ2) is 6.07. The average molecular weight is 245 g/mol. The highest BCUT2D eigenvalue weighted by atomic mass is 16.4. The van der Waals surface area contributed by atoms with Gasteiger partial charge < -0.3 is 21.1 Å². The summed E-state index contributed by atoms with van der Waals surface area (Å²) in [6.45, 7) is 4.71. The van der Waals surface area contributed by atoms with Crippen molar-refractivity contribution in [2.24, 2.45) is 0 Å². The summed E-state index contributed by atoms with van der Waals surface area (Å²) in [4.78, 5) is 33.2. The zero-order valence-electron chi connectivity index (χ0n) is 10.5. The van der Waals surface area contributed by atoms with Crippen LogP contribution in [-0.2, 0) is 9.59 Å². The van der Waals surface area contributed by atoms with Crippen molar-refractivity contribution in [1.29, 1.82) is 0 Å². The summed E-state index contributed by atoms with van der Waals surface area (Å²) in [5.74, 6) is -1.33. The molecule has 0 spiro atoms. The third-order valence-electron chi connectivity index (χ3n) is 2.03. The van der Waals surface area contributed by atoms with Crippen LogP contribution in [0.3, 0.4) is 0 Å². The van der Waals surface area contributed by atoms with E-state index in [0.29, 0.717) is 0 Å². The van der Waals surface area contributed by atoms with Crippen molar-refractivity contribution in [3.8, 4) is 0 Å². The first kappa shape index (κ1) is 15.2. The molecule has 0 aromatic rings. The lowest BCUT2D eigenvalue weighted by molar-refractivity contribution is -0.138. The summed E-state index contributed by atoms with van der Waals surface area (Å²) in [7, 11) is 1.47. The van der Waals surface area contributed by atoms with Crippen molar-refractivity contribution in [3.63, 3.8) is 0 Å². The Morgan fingerprint density at radius 1 is 1.29 bits per heavy atom. The number of urea groups is 1. The van der Waals surface area contributed by atoms with E-state index in [1.54, 1.807) is 13.8 Å².